The van der Waals surface area contributed by atoms with Crippen LogP contribution in [0.1, 0.15) is 52.4 Å². The van der Waals surface area contributed by atoms with Crippen LogP contribution in [-0.2, 0) is 22.4 Å². The molecule has 234 valence electrons. The molecule has 4 N–H and O–H groups in total. The number of amides is 2. The second kappa shape index (κ2) is 11.0. The summed E-state index contributed by atoms with van der Waals surface area (Å²) in [6.45, 7) is 3.78. The van der Waals surface area contributed by atoms with Gasteiger partial charge in [-0.15, -0.1) is 0 Å². The molecule has 4 aliphatic heterocycles. The maximum Gasteiger partial charge on any atom is 0.252 e. The van der Waals surface area contributed by atoms with E-state index in [9.17, 15) is 29.5 Å². The SMILES string of the molecule is COc1c(C)cc2c(c1O)[C@H]1C3Cc4c(O)c(C)c5c(c4[C@H](CNC(=O)[C@H](C)NC(=O)CF)N3[C@@H](C#N)[C@H](C2)N1C)OCO5. The largest absolute Gasteiger partial charge is 0.507 e. The number of methoxy groups -OCH3 is 1. The molecule has 0 radical (unpaired) electrons. The van der Waals surface area contributed by atoms with Gasteiger partial charge in [-0.3, -0.25) is 19.4 Å². The molecule has 4 heterocycles. The number of halogens is 1. The van der Waals surface area contributed by atoms with E-state index in [1.54, 1.807) is 6.92 Å². The number of phenols is 2. The Bertz CT molecular complexity index is 1590. The number of nitrogens with one attached hydrogen (secondary N) is 2. The Balaban J connectivity index is 1.50. The molecule has 1 unspecified atom stereocenters. The highest BCUT2D eigenvalue weighted by Gasteiger charge is 2.56. The summed E-state index contributed by atoms with van der Waals surface area (Å²) in [6.07, 6.45) is 0.818. The fourth-order valence-corrected chi connectivity index (χ4v) is 7.74. The molecule has 1 fully saturated rings. The van der Waals surface area contributed by atoms with Crippen molar-refractivity contribution in [1.29, 1.82) is 5.26 Å². The van der Waals surface area contributed by atoms with Crippen LogP contribution in [0.15, 0.2) is 6.07 Å². The van der Waals surface area contributed by atoms with Gasteiger partial charge in [-0.05, 0) is 51.8 Å². The van der Waals surface area contributed by atoms with E-state index in [-0.39, 0.29) is 36.9 Å². The van der Waals surface area contributed by atoms with Crippen molar-refractivity contribution in [1.82, 2.24) is 20.4 Å². The highest BCUT2D eigenvalue weighted by molar-refractivity contribution is 5.87. The Labute approximate surface area is 254 Å². The number of fused-ring (bicyclic) bond motifs is 9. The molecule has 44 heavy (non-hydrogen) atoms. The van der Waals surface area contributed by atoms with Crippen LogP contribution in [-0.4, -0.2) is 90.2 Å². The topological polar surface area (TPSA) is 157 Å². The lowest BCUT2D eigenvalue weighted by molar-refractivity contribution is -0.129. The zero-order valence-corrected chi connectivity index (χ0v) is 25.2. The molecule has 4 aliphatic rings. The number of nitriles is 1. The molecule has 6 rings (SSSR count). The fraction of sp³-hybridized carbons (Fsp3) is 0.516. The summed E-state index contributed by atoms with van der Waals surface area (Å²) in [7, 11) is 3.46. The number of aromatic hydroxyl groups is 2. The summed E-state index contributed by atoms with van der Waals surface area (Å²) >= 11 is 0. The first-order valence-electron chi connectivity index (χ1n) is 14.6. The van der Waals surface area contributed by atoms with E-state index >= 15 is 0 Å². The average Bonchev–Trinajstić information content (AvgIpc) is 3.49. The predicted molar refractivity (Wildman–Crippen MR) is 154 cm³/mol. The number of aryl methyl sites for hydroxylation is 1. The van der Waals surface area contributed by atoms with Gasteiger partial charge in [0.05, 0.1) is 25.3 Å². The maximum absolute atomic E-state index is 13.1. The Morgan fingerprint density at radius 3 is 2.59 bits per heavy atom. The van der Waals surface area contributed by atoms with Gasteiger partial charge in [-0.25, -0.2) is 4.39 Å². The van der Waals surface area contributed by atoms with Gasteiger partial charge in [0.25, 0.3) is 5.91 Å². The van der Waals surface area contributed by atoms with Gasteiger partial charge < -0.3 is 35.1 Å². The van der Waals surface area contributed by atoms with E-state index < -0.39 is 42.7 Å². The summed E-state index contributed by atoms with van der Waals surface area (Å²) in [5.41, 5.74) is 4.20. The van der Waals surface area contributed by atoms with Gasteiger partial charge >= 0.3 is 0 Å². The highest BCUT2D eigenvalue weighted by Crippen LogP contribution is 2.58. The number of nitrogens with zero attached hydrogens (tertiary/aromatic N) is 3. The number of hydrogen-bond donors (Lipinski definition) is 4. The second-order valence-corrected chi connectivity index (χ2v) is 11.9. The number of likely N-dealkylation sites (N-methyl/N-ethyl adjacent to an activating group) is 1. The van der Waals surface area contributed by atoms with Crippen molar-refractivity contribution in [2.75, 3.05) is 34.2 Å². The van der Waals surface area contributed by atoms with Gasteiger partial charge in [0.2, 0.25) is 12.7 Å². The normalized spacial score (nSPS) is 25.6. The zero-order valence-electron chi connectivity index (χ0n) is 25.2. The third-order valence-corrected chi connectivity index (χ3v) is 9.65. The molecule has 2 aromatic rings. The predicted octanol–water partition coefficient (Wildman–Crippen LogP) is 1.81. The Morgan fingerprint density at radius 2 is 1.91 bits per heavy atom. The minimum atomic E-state index is -1.25. The summed E-state index contributed by atoms with van der Waals surface area (Å²) in [5, 5.41) is 38.9. The van der Waals surface area contributed by atoms with Crippen molar-refractivity contribution in [2.45, 2.75) is 69.9 Å². The summed E-state index contributed by atoms with van der Waals surface area (Å²) < 4.78 is 30.1. The first-order chi connectivity index (χ1) is 21.0. The number of carbonyl (C=O) groups excluding carboxylic acids is 2. The summed E-state index contributed by atoms with van der Waals surface area (Å²) in [4.78, 5) is 28.9. The van der Waals surface area contributed by atoms with E-state index in [2.05, 4.69) is 26.5 Å². The molecule has 2 bridgehead atoms. The lowest BCUT2D eigenvalue weighted by atomic mass is 9.71. The zero-order chi connectivity index (χ0) is 31.6. The minimum absolute atomic E-state index is 0.00609. The first kappa shape index (κ1) is 29.8. The molecular weight excluding hydrogens is 573 g/mol. The molecule has 12 nitrogen and oxygen atoms in total. The highest BCUT2D eigenvalue weighted by atomic mass is 19.1. The molecule has 0 spiro atoms. The standard InChI is InChI=1S/C31H36FN5O7/c1-13-6-16-7-18-20(10-33)37-19(25(36(18)4)23(16)27(40)28(13)42-5)8-17-24(30-29(43-12-44-30)14(2)26(17)39)21(37)11-34-31(41)15(3)35-22(38)9-32/h6,15,18-21,25,39-40H,7-9,11-12H2,1-5H3,(H,34,41)(H,35,38)/t15-,18-,19?,20-,21-,25+/m0/s1. The van der Waals surface area contributed by atoms with Crippen LogP contribution in [0.2, 0.25) is 0 Å². The van der Waals surface area contributed by atoms with Crippen molar-refractivity contribution >= 4 is 11.8 Å². The first-order valence-corrected chi connectivity index (χ1v) is 14.6. The molecule has 13 heteroatoms. The van der Waals surface area contributed by atoms with Crippen LogP contribution in [0.5, 0.6) is 28.7 Å². The van der Waals surface area contributed by atoms with Crippen molar-refractivity contribution in [3.05, 3.63) is 39.4 Å². The average molecular weight is 610 g/mol. The van der Waals surface area contributed by atoms with Crippen LogP contribution in [0.4, 0.5) is 4.39 Å². The number of rotatable bonds is 6. The third kappa shape index (κ3) is 4.30. The van der Waals surface area contributed by atoms with Crippen LogP contribution in [0.3, 0.4) is 0 Å². The molecule has 6 atom stereocenters. The Morgan fingerprint density at radius 1 is 1.18 bits per heavy atom. The Kier molecular flexibility index (Phi) is 7.45. The van der Waals surface area contributed by atoms with E-state index in [1.807, 2.05) is 20.0 Å². The van der Waals surface area contributed by atoms with E-state index in [4.69, 9.17) is 14.2 Å². The molecular formula is C31H36FN5O7. The number of phenolic OH excluding ortho intramolecular Hbond substituents is 2. The summed E-state index contributed by atoms with van der Waals surface area (Å²) in [5.74, 6) is -0.0995. The van der Waals surface area contributed by atoms with Gasteiger partial charge in [0.1, 0.15) is 17.8 Å². The van der Waals surface area contributed by atoms with E-state index in [0.29, 0.717) is 52.3 Å². The van der Waals surface area contributed by atoms with E-state index in [1.165, 1.54) is 14.0 Å². The molecule has 2 amide bonds. The number of piperazine rings is 1. The Hall–Kier alpha value is -4.28. The summed E-state index contributed by atoms with van der Waals surface area (Å²) in [6, 6.07) is 1.17. The molecule has 0 aromatic heterocycles. The number of hydrogen-bond acceptors (Lipinski definition) is 10. The van der Waals surface area contributed by atoms with Crippen molar-refractivity contribution < 1.29 is 38.4 Å². The third-order valence-electron chi connectivity index (χ3n) is 9.65. The van der Waals surface area contributed by atoms with Gasteiger partial charge in [-0.2, -0.15) is 5.26 Å². The quantitative estimate of drug-likeness (QED) is 0.381. The lowest BCUT2D eigenvalue weighted by Crippen LogP contribution is -2.68. The number of carbonyl (C=O) groups is 2. The van der Waals surface area contributed by atoms with Crippen molar-refractivity contribution in [3.8, 4) is 34.8 Å². The molecule has 0 aliphatic carbocycles. The van der Waals surface area contributed by atoms with Gasteiger partial charge in [-0.1, -0.05) is 6.07 Å². The van der Waals surface area contributed by atoms with Crippen LogP contribution in [0, 0.1) is 25.2 Å². The smallest absolute Gasteiger partial charge is 0.252 e. The van der Waals surface area contributed by atoms with Gasteiger partial charge in [0.15, 0.2) is 29.7 Å². The van der Waals surface area contributed by atoms with Crippen LogP contribution < -0.4 is 24.8 Å². The minimum Gasteiger partial charge on any atom is -0.507 e. The number of alkyl halides is 1. The number of ether oxygens (including phenoxy) is 3. The van der Waals surface area contributed by atoms with Gasteiger partial charge in [0, 0.05) is 40.9 Å². The molecule has 0 saturated carbocycles. The molecule has 1 saturated heterocycles. The monoisotopic (exact) mass is 609 g/mol. The number of benzene rings is 2. The second-order valence-electron chi connectivity index (χ2n) is 11.9. The van der Waals surface area contributed by atoms with E-state index in [0.717, 1.165) is 11.1 Å². The van der Waals surface area contributed by atoms with Crippen LogP contribution in [0.25, 0.3) is 0 Å². The van der Waals surface area contributed by atoms with Crippen LogP contribution >= 0.6 is 0 Å². The fourth-order valence-electron chi connectivity index (χ4n) is 7.74. The maximum atomic E-state index is 13.1. The molecule has 2 aromatic carbocycles. The van der Waals surface area contributed by atoms with Crippen molar-refractivity contribution in [3.63, 3.8) is 0 Å². The lowest BCUT2D eigenvalue weighted by Gasteiger charge is -2.60. The van der Waals surface area contributed by atoms with Crippen molar-refractivity contribution in [2.24, 2.45) is 0 Å².